The fourth-order valence-corrected chi connectivity index (χ4v) is 9.13. The normalized spacial score (nSPS) is 26.4. The van der Waals surface area contributed by atoms with E-state index in [1.807, 2.05) is 36.4 Å². The Kier molecular flexibility index (Phi) is 8.40. The van der Waals surface area contributed by atoms with E-state index in [1.54, 1.807) is 56.8 Å². The van der Waals surface area contributed by atoms with Gasteiger partial charge in [-0.3, -0.25) is 14.4 Å². The second-order valence-corrected chi connectivity index (χ2v) is 12.4. The molecule has 3 saturated heterocycles. The highest BCUT2D eigenvalue weighted by Gasteiger charge is 2.74. The quantitative estimate of drug-likeness (QED) is 0.395. The molecule has 1 spiro atoms. The maximum absolute atomic E-state index is 14.5. The number of hydrogen-bond donors (Lipinski definition) is 1. The molecule has 9 heteroatoms. The zero-order valence-corrected chi connectivity index (χ0v) is 23.9. The average Bonchev–Trinajstić information content (AvgIpc) is 3.61. The molecule has 2 unspecified atom stereocenters. The minimum Gasteiger partial charge on any atom is -0.396 e. The van der Waals surface area contributed by atoms with Gasteiger partial charge in [-0.25, -0.2) is 0 Å². The van der Waals surface area contributed by atoms with Crippen molar-refractivity contribution < 1.29 is 19.5 Å². The minimum atomic E-state index is -0.787. The van der Waals surface area contributed by atoms with E-state index in [0.29, 0.717) is 30.1 Å². The molecule has 5 rings (SSSR count). The summed E-state index contributed by atoms with van der Waals surface area (Å²) < 4.78 is -0.744. The van der Waals surface area contributed by atoms with Gasteiger partial charge >= 0.3 is 0 Å². The van der Waals surface area contributed by atoms with Gasteiger partial charge in [-0.1, -0.05) is 54.1 Å². The van der Waals surface area contributed by atoms with Crippen molar-refractivity contribution in [2.75, 3.05) is 36.0 Å². The molecule has 3 aliphatic heterocycles. The van der Waals surface area contributed by atoms with Gasteiger partial charge in [0.1, 0.15) is 6.04 Å². The van der Waals surface area contributed by atoms with Crippen molar-refractivity contribution in [3.05, 3.63) is 84.9 Å². The number of hydrogen-bond acceptors (Lipinski definition) is 5. The summed E-state index contributed by atoms with van der Waals surface area (Å²) in [4.78, 5) is 47.9. The lowest BCUT2D eigenvalue weighted by Gasteiger charge is -2.37. The zero-order valence-electron chi connectivity index (χ0n) is 22.3. The van der Waals surface area contributed by atoms with Gasteiger partial charge in [0.25, 0.3) is 5.91 Å². The molecular formula is C31H34ClN3O4S. The van der Waals surface area contributed by atoms with Crippen LogP contribution in [0.1, 0.15) is 19.3 Å². The highest BCUT2D eigenvalue weighted by atomic mass is 35.5. The number of benzene rings is 2. The fraction of sp³-hybridized carbons (Fsp3) is 0.387. The standard InChI is InChI=1S/C31H34ClN3O4S/c1-3-17-33(21-11-6-5-7-12-21)28(37)25-24-15-16-31(40-24)26(25)29(38)35(19-10-20-36)27(31)30(39)34(18-4-2)23-14-9-8-13-22(23)32/h3-9,11-14,24-27,36H,1-2,10,15-20H2/t24-,25+,26+,27?,31?/m1/s1. The van der Waals surface area contributed by atoms with Crippen molar-refractivity contribution in [1.29, 1.82) is 0 Å². The smallest absolute Gasteiger partial charge is 0.251 e. The van der Waals surface area contributed by atoms with E-state index < -0.39 is 22.6 Å². The number of anilines is 2. The zero-order chi connectivity index (χ0) is 28.4. The van der Waals surface area contributed by atoms with Gasteiger partial charge in [-0.2, -0.15) is 0 Å². The number of halogens is 1. The largest absolute Gasteiger partial charge is 0.396 e. The Morgan fingerprint density at radius 2 is 1.73 bits per heavy atom. The van der Waals surface area contributed by atoms with E-state index in [9.17, 15) is 19.5 Å². The van der Waals surface area contributed by atoms with Crippen molar-refractivity contribution in [3.63, 3.8) is 0 Å². The summed E-state index contributed by atoms with van der Waals surface area (Å²) in [5.41, 5.74) is 1.30. The molecule has 3 fully saturated rings. The predicted octanol–water partition coefficient (Wildman–Crippen LogP) is 4.55. The third-order valence-electron chi connectivity index (χ3n) is 8.24. The van der Waals surface area contributed by atoms with E-state index in [2.05, 4.69) is 13.2 Å². The van der Waals surface area contributed by atoms with Gasteiger partial charge in [0.2, 0.25) is 11.8 Å². The van der Waals surface area contributed by atoms with Crippen LogP contribution >= 0.6 is 23.4 Å². The number of aliphatic hydroxyl groups excluding tert-OH is 1. The van der Waals surface area contributed by atoms with Crippen molar-refractivity contribution in [3.8, 4) is 0 Å². The molecule has 3 aliphatic rings. The van der Waals surface area contributed by atoms with Crippen LogP contribution in [0.2, 0.25) is 5.02 Å². The number of carbonyl (C=O) groups excluding carboxylic acids is 3. The van der Waals surface area contributed by atoms with Crippen molar-refractivity contribution in [2.24, 2.45) is 11.8 Å². The number of fused-ring (bicyclic) bond motifs is 1. The van der Waals surface area contributed by atoms with Gasteiger partial charge in [0, 0.05) is 37.2 Å². The molecular weight excluding hydrogens is 546 g/mol. The Morgan fingerprint density at radius 3 is 2.40 bits per heavy atom. The van der Waals surface area contributed by atoms with Gasteiger partial charge < -0.3 is 19.8 Å². The van der Waals surface area contributed by atoms with E-state index >= 15 is 0 Å². The van der Waals surface area contributed by atoms with Crippen LogP contribution in [0.3, 0.4) is 0 Å². The summed E-state index contributed by atoms with van der Waals surface area (Å²) in [7, 11) is 0. The molecule has 0 radical (unpaired) electrons. The first-order valence-corrected chi connectivity index (χ1v) is 14.9. The van der Waals surface area contributed by atoms with Crippen LogP contribution in [0, 0.1) is 11.8 Å². The first-order chi connectivity index (χ1) is 19.4. The second-order valence-electron chi connectivity index (χ2n) is 10.4. The Hall–Kier alpha value is -3.07. The summed E-state index contributed by atoms with van der Waals surface area (Å²) in [6.45, 7) is 8.36. The lowest BCUT2D eigenvalue weighted by Crippen LogP contribution is -2.55. The van der Waals surface area contributed by atoms with Crippen LogP contribution in [0.15, 0.2) is 79.9 Å². The molecule has 0 aliphatic carbocycles. The third kappa shape index (κ3) is 4.66. The van der Waals surface area contributed by atoms with Crippen LogP contribution in [0.25, 0.3) is 0 Å². The number of carbonyl (C=O) groups is 3. The monoisotopic (exact) mass is 579 g/mol. The summed E-state index contributed by atoms with van der Waals surface area (Å²) >= 11 is 8.15. The third-order valence-corrected chi connectivity index (χ3v) is 10.5. The summed E-state index contributed by atoms with van der Waals surface area (Å²) in [5, 5.41) is 10.00. The Balaban J connectivity index is 1.56. The molecule has 3 amide bonds. The Labute approximate surface area is 244 Å². The lowest BCUT2D eigenvalue weighted by molar-refractivity contribution is -0.139. The second kappa shape index (κ2) is 11.8. The molecule has 7 nitrogen and oxygen atoms in total. The van der Waals surface area contributed by atoms with Crippen LogP contribution in [-0.4, -0.2) is 70.0 Å². The SMILES string of the molecule is C=CCN(C(=O)[C@@H]1[C@H]2C(=O)N(CCCO)C(C(=O)N(CC=C)c3ccccc3Cl)C23CC[C@H]1S3)c1ccccc1. The fourth-order valence-electron chi connectivity index (χ4n) is 6.69. The molecule has 40 heavy (non-hydrogen) atoms. The minimum absolute atomic E-state index is 0.0686. The molecule has 2 bridgehead atoms. The molecule has 2 aromatic rings. The van der Waals surface area contributed by atoms with Gasteiger partial charge in [-0.05, 0) is 43.5 Å². The number of thioether (sulfide) groups is 1. The maximum atomic E-state index is 14.5. The lowest BCUT2D eigenvalue weighted by atomic mass is 9.70. The Bertz CT molecular complexity index is 1310. The van der Waals surface area contributed by atoms with E-state index in [1.165, 1.54) is 0 Å². The highest BCUT2D eigenvalue weighted by Crippen LogP contribution is 2.66. The Morgan fingerprint density at radius 1 is 1.05 bits per heavy atom. The number of likely N-dealkylation sites (tertiary alicyclic amines) is 1. The average molecular weight is 580 g/mol. The molecule has 0 saturated carbocycles. The molecule has 210 valence electrons. The molecule has 3 heterocycles. The van der Waals surface area contributed by atoms with Crippen LogP contribution in [0.4, 0.5) is 11.4 Å². The summed E-state index contributed by atoms with van der Waals surface area (Å²) in [6.07, 6.45) is 5.07. The summed E-state index contributed by atoms with van der Waals surface area (Å²) in [6, 6.07) is 15.8. The number of rotatable bonds is 11. The topological polar surface area (TPSA) is 81.2 Å². The number of para-hydroxylation sites is 2. The predicted molar refractivity (Wildman–Crippen MR) is 161 cm³/mol. The van der Waals surface area contributed by atoms with Gasteiger partial charge in [0.05, 0.1) is 27.3 Å². The number of aliphatic hydroxyl groups is 1. The van der Waals surface area contributed by atoms with E-state index in [0.717, 1.165) is 12.1 Å². The van der Waals surface area contributed by atoms with Crippen LogP contribution in [-0.2, 0) is 14.4 Å². The number of nitrogens with zero attached hydrogens (tertiary/aromatic N) is 3. The van der Waals surface area contributed by atoms with Crippen LogP contribution < -0.4 is 9.80 Å². The van der Waals surface area contributed by atoms with Crippen LogP contribution in [0.5, 0.6) is 0 Å². The number of amides is 3. The first kappa shape index (κ1) is 28.5. The summed E-state index contributed by atoms with van der Waals surface area (Å²) in [5.74, 6) is -1.75. The van der Waals surface area contributed by atoms with Crippen molar-refractivity contribution in [1.82, 2.24) is 4.90 Å². The van der Waals surface area contributed by atoms with E-state index in [-0.39, 0.29) is 42.7 Å². The molecule has 5 atom stereocenters. The van der Waals surface area contributed by atoms with Crippen molar-refractivity contribution in [2.45, 2.75) is 35.3 Å². The molecule has 2 aromatic carbocycles. The van der Waals surface area contributed by atoms with Crippen molar-refractivity contribution >= 4 is 52.5 Å². The molecule has 0 aromatic heterocycles. The van der Waals surface area contributed by atoms with Gasteiger partial charge in [-0.15, -0.1) is 24.9 Å². The maximum Gasteiger partial charge on any atom is 0.251 e. The van der Waals surface area contributed by atoms with E-state index in [4.69, 9.17) is 11.6 Å². The van der Waals surface area contributed by atoms with Gasteiger partial charge in [0.15, 0.2) is 0 Å². The molecule has 1 N–H and O–H groups in total. The highest BCUT2D eigenvalue weighted by molar-refractivity contribution is 8.02. The first-order valence-electron chi connectivity index (χ1n) is 13.6.